The molecule has 0 spiro atoms. The van der Waals surface area contributed by atoms with Crippen LogP contribution in [-0.4, -0.2) is 37.0 Å². The smallest absolute Gasteiger partial charge is 0.222 e. The molecule has 1 saturated heterocycles. The number of likely N-dealkylation sites (tertiary alicyclic amines) is 1. The third kappa shape index (κ3) is 3.59. The summed E-state index contributed by atoms with van der Waals surface area (Å²) < 4.78 is 0. The van der Waals surface area contributed by atoms with Gasteiger partial charge in [-0.3, -0.25) is 4.79 Å². The molecule has 0 aromatic carbocycles. The van der Waals surface area contributed by atoms with Crippen LogP contribution in [0, 0.1) is 5.92 Å². The minimum absolute atomic E-state index is 0. The summed E-state index contributed by atoms with van der Waals surface area (Å²) in [5.74, 6) is 1.22. The van der Waals surface area contributed by atoms with E-state index < -0.39 is 0 Å². The molecule has 100 valence electrons. The molecule has 1 aliphatic heterocycles. The number of amides is 1. The van der Waals surface area contributed by atoms with Gasteiger partial charge in [-0.1, -0.05) is 6.42 Å². The lowest BCUT2D eigenvalue weighted by atomic mass is 9.91. The van der Waals surface area contributed by atoms with E-state index >= 15 is 0 Å². The van der Waals surface area contributed by atoms with Crippen molar-refractivity contribution in [2.45, 2.75) is 51.0 Å². The number of nitrogens with one attached hydrogen (secondary N) is 1. The van der Waals surface area contributed by atoms with Gasteiger partial charge in [0.1, 0.15) is 0 Å². The standard InChI is InChI=1S/C13H24N2O.ClH/c1-14-9-3-8-13(16)15-10-4-6-11-5-2-7-12(11)15;/h11-12,14H,2-10H2,1H3;1H. The Morgan fingerprint density at radius 3 is 2.82 bits per heavy atom. The van der Waals surface area contributed by atoms with Gasteiger partial charge in [-0.15, -0.1) is 12.4 Å². The summed E-state index contributed by atoms with van der Waals surface area (Å²) in [5, 5.41) is 3.10. The second-order valence-electron chi connectivity index (χ2n) is 5.19. The lowest BCUT2D eigenvalue weighted by molar-refractivity contribution is -0.135. The highest BCUT2D eigenvalue weighted by atomic mass is 35.5. The van der Waals surface area contributed by atoms with Gasteiger partial charge in [-0.2, -0.15) is 0 Å². The molecule has 0 bridgehead atoms. The molecule has 2 aliphatic rings. The van der Waals surface area contributed by atoms with Crippen LogP contribution in [0.5, 0.6) is 0 Å². The van der Waals surface area contributed by atoms with E-state index in [9.17, 15) is 4.79 Å². The Labute approximate surface area is 111 Å². The number of hydrogen-bond donors (Lipinski definition) is 1. The highest BCUT2D eigenvalue weighted by Gasteiger charge is 2.36. The highest BCUT2D eigenvalue weighted by molar-refractivity contribution is 5.85. The van der Waals surface area contributed by atoms with Gasteiger partial charge >= 0.3 is 0 Å². The maximum Gasteiger partial charge on any atom is 0.222 e. The second-order valence-corrected chi connectivity index (χ2v) is 5.19. The van der Waals surface area contributed by atoms with Crippen molar-refractivity contribution in [3.05, 3.63) is 0 Å². The number of rotatable bonds is 4. The van der Waals surface area contributed by atoms with Gasteiger partial charge in [0.15, 0.2) is 0 Å². The number of hydrogen-bond acceptors (Lipinski definition) is 2. The topological polar surface area (TPSA) is 32.3 Å². The van der Waals surface area contributed by atoms with E-state index in [4.69, 9.17) is 0 Å². The van der Waals surface area contributed by atoms with Crippen molar-refractivity contribution >= 4 is 18.3 Å². The molecular weight excluding hydrogens is 236 g/mol. The Morgan fingerprint density at radius 1 is 1.29 bits per heavy atom. The van der Waals surface area contributed by atoms with Crippen molar-refractivity contribution in [3.63, 3.8) is 0 Å². The molecule has 2 rings (SSSR count). The molecule has 2 fully saturated rings. The number of carbonyl (C=O) groups excluding carboxylic acids is 1. The third-order valence-electron chi connectivity index (χ3n) is 4.13. The predicted octanol–water partition coefficient (Wildman–Crippen LogP) is 2.20. The highest BCUT2D eigenvalue weighted by Crippen LogP contribution is 2.36. The summed E-state index contributed by atoms with van der Waals surface area (Å²) in [7, 11) is 1.94. The molecule has 1 aliphatic carbocycles. The van der Waals surface area contributed by atoms with E-state index in [2.05, 4.69) is 10.2 Å². The van der Waals surface area contributed by atoms with Crippen molar-refractivity contribution in [2.24, 2.45) is 5.92 Å². The van der Waals surface area contributed by atoms with Crippen LogP contribution in [-0.2, 0) is 4.79 Å². The molecular formula is C13H25ClN2O. The van der Waals surface area contributed by atoms with Crippen LogP contribution in [0.15, 0.2) is 0 Å². The summed E-state index contributed by atoms with van der Waals surface area (Å²) in [4.78, 5) is 14.3. The summed E-state index contributed by atoms with van der Waals surface area (Å²) in [6.45, 7) is 1.97. The molecule has 17 heavy (non-hydrogen) atoms. The number of carbonyl (C=O) groups is 1. The predicted molar refractivity (Wildman–Crippen MR) is 72.5 cm³/mol. The van der Waals surface area contributed by atoms with Gasteiger partial charge in [-0.05, 0) is 51.6 Å². The van der Waals surface area contributed by atoms with Crippen LogP contribution in [0.4, 0.5) is 0 Å². The van der Waals surface area contributed by atoms with Crippen molar-refractivity contribution < 1.29 is 4.79 Å². The van der Waals surface area contributed by atoms with E-state index in [0.29, 0.717) is 11.9 Å². The molecule has 0 aromatic heterocycles. The second kappa shape index (κ2) is 7.22. The summed E-state index contributed by atoms with van der Waals surface area (Å²) in [6.07, 6.45) is 8.21. The molecule has 1 amide bonds. The van der Waals surface area contributed by atoms with Crippen molar-refractivity contribution in [2.75, 3.05) is 20.1 Å². The fourth-order valence-corrected chi connectivity index (χ4v) is 3.32. The van der Waals surface area contributed by atoms with Crippen LogP contribution in [0.3, 0.4) is 0 Å². The quantitative estimate of drug-likeness (QED) is 0.786. The van der Waals surface area contributed by atoms with Gasteiger partial charge in [0.2, 0.25) is 5.91 Å². The largest absolute Gasteiger partial charge is 0.339 e. The SMILES string of the molecule is CNCCCC(=O)N1CCCC2CCCC21.Cl. The molecule has 1 N–H and O–H groups in total. The minimum atomic E-state index is 0. The number of halogens is 1. The molecule has 1 heterocycles. The van der Waals surface area contributed by atoms with Crippen LogP contribution >= 0.6 is 12.4 Å². The van der Waals surface area contributed by atoms with Gasteiger partial charge in [0, 0.05) is 19.0 Å². The molecule has 2 atom stereocenters. The Bertz CT molecular complexity index is 248. The zero-order valence-corrected chi connectivity index (χ0v) is 11.6. The first kappa shape index (κ1) is 14.8. The molecule has 0 aromatic rings. The fraction of sp³-hybridized carbons (Fsp3) is 0.923. The van der Waals surface area contributed by atoms with E-state index in [1.807, 2.05) is 7.05 Å². The van der Waals surface area contributed by atoms with E-state index in [1.165, 1.54) is 32.1 Å². The normalized spacial score (nSPS) is 27.5. The third-order valence-corrected chi connectivity index (χ3v) is 4.13. The number of fused-ring (bicyclic) bond motifs is 1. The van der Waals surface area contributed by atoms with Gasteiger partial charge < -0.3 is 10.2 Å². The maximum atomic E-state index is 12.1. The fourth-order valence-electron chi connectivity index (χ4n) is 3.32. The van der Waals surface area contributed by atoms with E-state index in [-0.39, 0.29) is 12.4 Å². The Balaban J connectivity index is 0.00000144. The first-order valence-corrected chi connectivity index (χ1v) is 6.77. The Hall–Kier alpha value is -0.280. The lowest BCUT2D eigenvalue weighted by Gasteiger charge is -2.38. The Morgan fingerprint density at radius 2 is 2.06 bits per heavy atom. The first-order chi connectivity index (χ1) is 7.83. The van der Waals surface area contributed by atoms with Crippen LogP contribution in [0.2, 0.25) is 0 Å². The van der Waals surface area contributed by atoms with Crippen molar-refractivity contribution in [3.8, 4) is 0 Å². The van der Waals surface area contributed by atoms with E-state index in [1.54, 1.807) is 0 Å². The number of nitrogens with zero attached hydrogens (tertiary/aromatic N) is 1. The minimum Gasteiger partial charge on any atom is -0.339 e. The average molecular weight is 261 g/mol. The summed E-state index contributed by atoms with van der Waals surface area (Å²) >= 11 is 0. The van der Waals surface area contributed by atoms with Crippen molar-refractivity contribution in [1.82, 2.24) is 10.2 Å². The molecule has 2 unspecified atom stereocenters. The number of piperidine rings is 1. The lowest BCUT2D eigenvalue weighted by Crippen LogP contribution is -2.46. The maximum absolute atomic E-state index is 12.1. The van der Waals surface area contributed by atoms with E-state index in [0.717, 1.165) is 31.8 Å². The first-order valence-electron chi connectivity index (χ1n) is 6.77. The average Bonchev–Trinajstić information content (AvgIpc) is 2.76. The van der Waals surface area contributed by atoms with Crippen LogP contribution in [0.25, 0.3) is 0 Å². The zero-order valence-electron chi connectivity index (χ0n) is 10.8. The molecule has 3 nitrogen and oxygen atoms in total. The van der Waals surface area contributed by atoms with Gasteiger partial charge in [0.05, 0.1) is 0 Å². The monoisotopic (exact) mass is 260 g/mol. The van der Waals surface area contributed by atoms with Gasteiger partial charge in [0.25, 0.3) is 0 Å². The van der Waals surface area contributed by atoms with Crippen LogP contribution < -0.4 is 5.32 Å². The van der Waals surface area contributed by atoms with Gasteiger partial charge in [-0.25, -0.2) is 0 Å². The Kier molecular flexibility index (Phi) is 6.28. The van der Waals surface area contributed by atoms with Crippen molar-refractivity contribution in [1.29, 1.82) is 0 Å². The molecule has 0 radical (unpaired) electrons. The zero-order chi connectivity index (χ0) is 11.4. The molecule has 1 saturated carbocycles. The summed E-state index contributed by atoms with van der Waals surface area (Å²) in [6, 6.07) is 0.593. The summed E-state index contributed by atoms with van der Waals surface area (Å²) in [5.41, 5.74) is 0. The van der Waals surface area contributed by atoms with Crippen LogP contribution in [0.1, 0.15) is 44.9 Å². The molecule has 4 heteroatoms.